The van der Waals surface area contributed by atoms with Crippen LogP contribution in [0.3, 0.4) is 0 Å². The van der Waals surface area contributed by atoms with Gasteiger partial charge in [0, 0.05) is 19.4 Å². The van der Waals surface area contributed by atoms with Gasteiger partial charge in [-0.2, -0.15) is 0 Å². The lowest BCUT2D eigenvalue weighted by Gasteiger charge is -2.19. The van der Waals surface area contributed by atoms with Crippen LogP contribution in [-0.4, -0.2) is 28.7 Å². The molecule has 0 spiro atoms. The number of aryl methyl sites for hydroxylation is 1. The molecule has 0 aliphatic carbocycles. The van der Waals surface area contributed by atoms with E-state index in [0.29, 0.717) is 11.4 Å². The van der Waals surface area contributed by atoms with Gasteiger partial charge in [-0.3, -0.25) is 0 Å². The molecule has 0 aliphatic rings. The molecule has 1 atom stereocenters. The fourth-order valence-corrected chi connectivity index (χ4v) is 2.71. The number of hydrogen-bond acceptors (Lipinski definition) is 3. The highest BCUT2D eigenvalue weighted by Crippen LogP contribution is 2.21. The average molecular weight is 386 g/mol. The van der Waals surface area contributed by atoms with Crippen molar-refractivity contribution in [2.75, 3.05) is 13.2 Å². The van der Waals surface area contributed by atoms with Gasteiger partial charge in [0.15, 0.2) is 11.6 Å². The van der Waals surface area contributed by atoms with Gasteiger partial charge in [-0.05, 0) is 29.8 Å². The summed E-state index contributed by atoms with van der Waals surface area (Å²) in [5.41, 5.74) is 0.562. The number of carbonyl (C=O) groups excluding carboxylic acids is 1. The van der Waals surface area contributed by atoms with Crippen LogP contribution < -0.4 is 15.4 Å². The number of imidazole rings is 1. The molecule has 8 heteroatoms. The number of nitrogens with zero attached hydrogens (tertiary/aromatic N) is 2. The minimum absolute atomic E-state index is 0.0986. The van der Waals surface area contributed by atoms with Crippen molar-refractivity contribution in [1.82, 2.24) is 20.2 Å². The van der Waals surface area contributed by atoms with Crippen molar-refractivity contribution >= 4 is 6.03 Å². The zero-order valence-corrected chi connectivity index (χ0v) is 15.2. The van der Waals surface area contributed by atoms with Gasteiger partial charge < -0.3 is 19.9 Å². The number of para-hydroxylation sites is 1. The number of carbonyl (C=O) groups is 1. The van der Waals surface area contributed by atoms with Gasteiger partial charge >= 0.3 is 6.03 Å². The summed E-state index contributed by atoms with van der Waals surface area (Å²) in [5, 5.41) is 5.42. The number of urea groups is 1. The Labute approximate surface area is 161 Å². The Kier molecular flexibility index (Phi) is 6.21. The second kappa shape index (κ2) is 8.98. The SMILES string of the molecule is Cn1ccnc1C(NC(=O)NCCOc1ccccc1F)c1cccc(F)c1. The first-order chi connectivity index (χ1) is 13.5. The fraction of sp³-hybridized carbons (Fsp3) is 0.200. The molecule has 1 aromatic heterocycles. The highest BCUT2D eigenvalue weighted by molar-refractivity contribution is 5.74. The van der Waals surface area contributed by atoms with Crippen LogP contribution in [-0.2, 0) is 7.05 Å². The molecule has 1 unspecified atom stereocenters. The van der Waals surface area contributed by atoms with E-state index in [1.807, 2.05) is 0 Å². The topological polar surface area (TPSA) is 68.2 Å². The number of ether oxygens (including phenoxy) is 1. The van der Waals surface area contributed by atoms with Crippen molar-refractivity contribution < 1.29 is 18.3 Å². The third-order valence-electron chi connectivity index (χ3n) is 4.06. The lowest BCUT2D eigenvalue weighted by molar-refractivity contribution is 0.233. The van der Waals surface area contributed by atoms with Crippen LogP contribution in [0.15, 0.2) is 60.9 Å². The smallest absolute Gasteiger partial charge is 0.315 e. The van der Waals surface area contributed by atoms with Gasteiger partial charge in [-0.1, -0.05) is 24.3 Å². The van der Waals surface area contributed by atoms with Gasteiger partial charge in [-0.25, -0.2) is 18.6 Å². The number of benzene rings is 2. The van der Waals surface area contributed by atoms with Crippen LogP contribution in [0.25, 0.3) is 0 Å². The maximum absolute atomic E-state index is 13.6. The number of hydrogen-bond donors (Lipinski definition) is 2. The summed E-state index contributed by atoms with van der Waals surface area (Å²) in [6.45, 7) is 0.262. The molecular weight excluding hydrogens is 366 g/mol. The molecule has 0 bridgehead atoms. The molecule has 1 heterocycles. The lowest BCUT2D eigenvalue weighted by atomic mass is 10.1. The number of aromatic nitrogens is 2. The van der Waals surface area contributed by atoms with Gasteiger partial charge in [0.1, 0.15) is 24.3 Å². The first-order valence-corrected chi connectivity index (χ1v) is 8.69. The molecule has 0 saturated heterocycles. The third kappa shape index (κ3) is 4.85. The number of rotatable bonds is 7. The molecule has 0 saturated carbocycles. The first-order valence-electron chi connectivity index (χ1n) is 8.69. The highest BCUT2D eigenvalue weighted by atomic mass is 19.1. The summed E-state index contributed by atoms with van der Waals surface area (Å²) in [7, 11) is 1.79. The number of amides is 2. The Bertz CT molecular complexity index is 945. The third-order valence-corrected chi connectivity index (χ3v) is 4.06. The fourth-order valence-electron chi connectivity index (χ4n) is 2.71. The normalized spacial score (nSPS) is 11.7. The zero-order chi connectivity index (χ0) is 19.9. The van der Waals surface area contributed by atoms with Crippen LogP contribution in [0.1, 0.15) is 17.4 Å². The molecule has 0 radical (unpaired) electrons. The average Bonchev–Trinajstić information content (AvgIpc) is 3.10. The molecular formula is C20H20F2N4O2. The van der Waals surface area contributed by atoms with E-state index >= 15 is 0 Å². The predicted molar refractivity (Wildman–Crippen MR) is 99.9 cm³/mol. The number of nitrogens with one attached hydrogen (secondary N) is 2. The molecule has 0 aliphatic heterocycles. The molecule has 2 amide bonds. The predicted octanol–water partition coefficient (Wildman–Crippen LogP) is 3.17. The van der Waals surface area contributed by atoms with E-state index in [0.717, 1.165) is 0 Å². The van der Waals surface area contributed by atoms with Crippen LogP contribution in [0, 0.1) is 11.6 Å². The van der Waals surface area contributed by atoms with Crippen LogP contribution in [0.5, 0.6) is 5.75 Å². The molecule has 2 aromatic carbocycles. The quantitative estimate of drug-likeness (QED) is 0.613. The monoisotopic (exact) mass is 386 g/mol. The van der Waals surface area contributed by atoms with Crippen LogP contribution in [0.2, 0.25) is 0 Å². The molecule has 3 rings (SSSR count). The minimum atomic E-state index is -0.636. The Morgan fingerprint density at radius 2 is 2.04 bits per heavy atom. The summed E-state index contributed by atoms with van der Waals surface area (Å²) in [4.78, 5) is 16.6. The van der Waals surface area contributed by atoms with Crippen LogP contribution in [0.4, 0.5) is 13.6 Å². The standard InChI is InChI=1S/C20H20F2N4O2/c1-26-11-9-23-19(26)18(14-5-4-6-15(21)13-14)25-20(27)24-10-12-28-17-8-3-2-7-16(17)22/h2-9,11,13,18H,10,12H2,1H3,(H2,24,25,27). The Hall–Kier alpha value is -3.42. The summed E-state index contributed by atoms with van der Waals surface area (Å²) >= 11 is 0. The molecule has 3 aromatic rings. The van der Waals surface area contributed by atoms with E-state index < -0.39 is 23.7 Å². The second-order valence-electron chi connectivity index (χ2n) is 6.06. The molecule has 28 heavy (non-hydrogen) atoms. The van der Waals surface area contributed by atoms with E-state index in [1.165, 1.54) is 24.3 Å². The first kappa shape index (κ1) is 19.3. The zero-order valence-electron chi connectivity index (χ0n) is 15.2. The summed E-state index contributed by atoms with van der Waals surface area (Å²) in [6.07, 6.45) is 3.34. The van der Waals surface area contributed by atoms with E-state index in [2.05, 4.69) is 15.6 Å². The Morgan fingerprint density at radius 1 is 1.21 bits per heavy atom. The maximum atomic E-state index is 13.6. The second-order valence-corrected chi connectivity index (χ2v) is 6.06. The van der Waals surface area contributed by atoms with Crippen molar-refractivity contribution in [3.05, 3.63) is 83.9 Å². The van der Waals surface area contributed by atoms with E-state index in [-0.39, 0.29) is 18.9 Å². The van der Waals surface area contributed by atoms with Crippen molar-refractivity contribution in [2.24, 2.45) is 7.05 Å². The van der Waals surface area contributed by atoms with Gasteiger partial charge in [0.05, 0.1) is 6.54 Å². The van der Waals surface area contributed by atoms with Crippen molar-refractivity contribution in [3.63, 3.8) is 0 Å². The van der Waals surface area contributed by atoms with Crippen molar-refractivity contribution in [2.45, 2.75) is 6.04 Å². The van der Waals surface area contributed by atoms with Crippen molar-refractivity contribution in [1.29, 1.82) is 0 Å². The minimum Gasteiger partial charge on any atom is -0.489 e. The van der Waals surface area contributed by atoms with Crippen LogP contribution >= 0.6 is 0 Å². The lowest BCUT2D eigenvalue weighted by Crippen LogP contribution is -2.40. The van der Waals surface area contributed by atoms with E-state index in [9.17, 15) is 13.6 Å². The van der Waals surface area contributed by atoms with E-state index in [4.69, 9.17) is 4.74 Å². The molecule has 146 valence electrons. The van der Waals surface area contributed by atoms with E-state index in [1.54, 1.807) is 48.3 Å². The highest BCUT2D eigenvalue weighted by Gasteiger charge is 2.21. The number of halogens is 2. The Balaban J connectivity index is 1.60. The Morgan fingerprint density at radius 3 is 2.75 bits per heavy atom. The largest absolute Gasteiger partial charge is 0.489 e. The van der Waals surface area contributed by atoms with Crippen molar-refractivity contribution in [3.8, 4) is 5.75 Å². The van der Waals surface area contributed by atoms with Gasteiger partial charge in [-0.15, -0.1) is 0 Å². The molecule has 0 fully saturated rings. The van der Waals surface area contributed by atoms with Gasteiger partial charge in [0.2, 0.25) is 0 Å². The maximum Gasteiger partial charge on any atom is 0.315 e. The summed E-state index contributed by atoms with van der Waals surface area (Å²) in [5.74, 6) is -0.191. The van der Waals surface area contributed by atoms with Gasteiger partial charge in [0.25, 0.3) is 0 Å². The molecule has 6 nitrogen and oxygen atoms in total. The summed E-state index contributed by atoms with van der Waals surface area (Å²) < 4.78 is 34.2. The summed E-state index contributed by atoms with van der Waals surface area (Å²) in [6, 6.07) is 10.9. The molecule has 2 N–H and O–H groups in total.